The van der Waals surface area contributed by atoms with Crippen LogP contribution in [-0.2, 0) is 0 Å². The highest BCUT2D eigenvalue weighted by atomic mass is 35.5. The fourth-order valence-corrected chi connectivity index (χ4v) is 12.2. The van der Waals surface area contributed by atoms with Gasteiger partial charge in [-0.15, -0.1) is 0 Å². The Kier molecular flexibility index (Phi) is 9.76. The Morgan fingerprint density at radius 2 is 1.07 bits per heavy atom. The molecule has 0 unspecified atom stereocenters. The quantitative estimate of drug-likeness (QED) is 0.171. The Morgan fingerprint density at radius 3 is 1.54 bits per heavy atom. The molecule has 0 radical (unpaired) electrons. The van der Waals surface area contributed by atoms with Crippen LogP contribution in [0.25, 0.3) is 11.4 Å². The summed E-state index contributed by atoms with van der Waals surface area (Å²) in [5.41, 5.74) is 2.82. The van der Waals surface area contributed by atoms with Gasteiger partial charge in [-0.25, -0.2) is 9.36 Å². The van der Waals surface area contributed by atoms with Gasteiger partial charge in [-0.05, 0) is 136 Å². The zero-order chi connectivity index (χ0) is 36.9. The van der Waals surface area contributed by atoms with E-state index in [1.165, 1.54) is 64.2 Å². The van der Waals surface area contributed by atoms with Crippen LogP contribution in [0.5, 0.6) is 0 Å². The lowest BCUT2D eigenvalue weighted by Crippen LogP contribution is -2.55. The number of hydrogen-bond donors (Lipinski definition) is 3. The Balaban J connectivity index is 0.000000144. The van der Waals surface area contributed by atoms with E-state index in [2.05, 4.69) is 20.8 Å². The zero-order valence-corrected chi connectivity index (χ0v) is 31.8. The minimum atomic E-state index is -0.0790. The van der Waals surface area contributed by atoms with Crippen molar-refractivity contribution in [1.29, 1.82) is 0 Å². The third-order valence-corrected chi connectivity index (χ3v) is 14.2. The SMILES string of the molecule is CN(CCO)c1c(C(=O)NC2C3CC4CC(C3)CC2C4)cnn1-c1ccccc1.O=C(NC1C2CC3CC(C2)CC1C3)c1cnn(-c2ccccc2)c1Cl. The first-order chi connectivity index (χ1) is 26.3. The van der Waals surface area contributed by atoms with Gasteiger partial charge >= 0.3 is 0 Å². The number of aromatic nitrogens is 4. The summed E-state index contributed by atoms with van der Waals surface area (Å²) in [6.07, 6.45) is 16.3. The van der Waals surface area contributed by atoms with E-state index in [9.17, 15) is 14.7 Å². The molecule has 8 fully saturated rings. The van der Waals surface area contributed by atoms with E-state index in [0.717, 1.165) is 40.9 Å². The summed E-state index contributed by atoms with van der Waals surface area (Å²) in [6.45, 7) is 0.462. The number of nitrogens with zero attached hydrogens (tertiary/aromatic N) is 5. The summed E-state index contributed by atoms with van der Waals surface area (Å²) in [6, 6.07) is 20.1. The van der Waals surface area contributed by atoms with Crippen LogP contribution in [0.3, 0.4) is 0 Å². The Morgan fingerprint density at radius 1 is 0.667 bits per heavy atom. The minimum absolute atomic E-state index is 0.0209. The minimum Gasteiger partial charge on any atom is -0.395 e. The summed E-state index contributed by atoms with van der Waals surface area (Å²) >= 11 is 6.46. The van der Waals surface area contributed by atoms with Crippen LogP contribution in [0.4, 0.5) is 5.82 Å². The maximum absolute atomic E-state index is 13.4. The van der Waals surface area contributed by atoms with Crippen LogP contribution < -0.4 is 15.5 Å². The summed E-state index contributed by atoms with van der Waals surface area (Å²) < 4.78 is 3.41. The molecule has 0 aliphatic heterocycles. The van der Waals surface area contributed by atoms with Crippen LogP contribution >= 0.6 is 11.6 Å². The van der Waals surface area contributed by atoms with E-state index in [1.807, 2.05) is 72.6 Å². The maximum Gasteiger partial charge on any atom is 0.256 e. The lowest BCUT2D eigenvalue weighted by Gasteiger charge is -2.54. The van der Waals surface area contributed by atoms with E-state index in [-0.39, 0.29) is 18.4 Å². The monoisotopic (exact) mass is 749 g/mol. The van der Waals surface area contributed by atoms with Crippen molar-refractivity contribution in [3.63, 3.8) is 0 Å². The molecule has 2 aromatic heterocycles. The zero-order valence-electron chi connectivity index (χ0n) is 31.1. The van der Waals surface area contributed by atoms with Crippen molar-refractivity contribution in [2.45, 2.75) is 76.3 Å². The van der Waals surface area contributed by atoms with Gasteiger partial charge in [0.25, 0.3) is 11.8 Å². The second-order valence-electron chi connectivity index (χ2n) is 17.2. The molecule has 0 saturated heterocycles. The van der Waals surface area contributed by atoms with Crippen LogP contribution in [0, 0.1) is 47.3 Å². The first kappa shape index (κ1) is 35.5. The van der Waals surface area contributed by atoms with Gasteiger partial charge in [0.1, 0.15) is 16.5 Å². The Labute approximate surface area is 322 Å². The van der Waals surface area contributed by atoms with Crippen molar-refractivity contribution in [1.82, 2.24) is 30.2 Å². The van der Waals surface area contributed by atoms with Gasteiger partial charge in [0, 0.05) is 25.7 Å². The number of rotatable bonds is 9. The van der Waals surface area contributed by atoms with Gasteiger partial charge in [-0.3, -0.25) is 9.59 Å². The molecule has 3 N–H and O–H groups in total. The number of amides is 2. The topological polar surface area (TPSA) is 117 Å². The number of aliphatic hydroxyl groups excluding tert-OH is 1. The number of carbonyl (C=O) groups is 2. The van der Waals surface area contributed by atoms with Crippen LogP contribution in [0.2, 0.25) is 5.15 Å². The first-order valence-electron chi connectivity index (χ1n) is 20.2. The molecule has 2 heterocycles. The van der Waals surface area contributed by atoms with Crippen molar-refractivity contribution < 1.29 is 14.7 Å². The lowest BCUT2D eigenvalue weighted by atomic mass is 9.54. The van der Waals surface area contributed by atoms with E-state index in [0.29, 0.717) is 58.6 Å². The summed E-state index contributed by atoms with van der Waals surface area (Å²) in [7, 11) is 1.90. The molecule has 8 aliphatic rings. The van der Waals surface area contributed by atoms with Gasteiger partial charge in [0.05, 0.1) is 35.9 Å². The smallest absolute Gasteiger partial charge is 0.256 e. The summed E-state index contributed by atoms with van der Waals surface area (Å²) in [5, 5.41) is 25.4. The summed E-state index contributed by atoms with van der Waals surface area (Å²) in [4.78, 5) is 28.1. The molecule has 12 rings (SSSR count). The van der Waals surface area contributed by atoms with Crippen LogP contribution in [0.15, 0.2) is 73.1 Å². The largest absolute Gasteiger partial charge is 0.395 e. The number of hydrogen-bond acceptors (Lipinski definition) is 6. The fourth-order valence-electron chi connectivity index (χ4n) is 11.9. The Hall–Kier alpha value is -4.15. The van der Waals surface area contributed by atoms with Crippen molar-refractivity contribution in [2.24, 2.45) is 47.3 Å². The van der Waals surface area contributed by atoms with Crippen molar-refractivity contribution >= 4 is 29.2 Å². The molecule has 54 heavy (non-hydrogen) atoms. The second kappa shape index (κ2) is 14.8. The van der Waals surface area contributed by atoms with Gasteiger partial charge in [0.2, 0.25) is 0 Å². The number of nitrogens with one attached hydrogen (secondary N) is 2. The third kappa shape index (κ3) is 6.74. The van der Waals surface area contributed by atoms with E-state index >= 15 is 0 Å². The molecule has 8 aliphatic carbocycles. The first-order valence-corrected chi connectivity index (χ1v) is 20.6. The van der Waals surface area contributed by atoms with E-state index < -0.39 is 0 Å². The van der Waals surface area contributed by atoms with Crippen molar-refractivity contribution in [3.05, 3.63) is 89.3 Å². The van der Waals surface area contributed by atoms with Crippen molar-refractivity contribution in [2.75, 3.05) is 25.1 Å². The molecular formula is C43H52ClN7O3. The van der Waals surface area contributed by atoms with Crippen molar-refractivity contribution in [3.8, 4) is 11.4 Å². The number of carbonyl (C=O) groups excluding carboxylic acids is 2. The molecule has 0 atom stereocenters. The number of para-hydroxylation sites is 2. The Bertz CT molecular complexity index is 1910. The molecule has 4 aromatic rings. The van der Waals surface area contributed by atoms with E-state index in [1.54, 1.807) is 21.8 Å². The third-order valence-electron chi connectivity index (χ3n) is 13.8. The van der Waals surface area contributed by atoms with Gasteiger partial charge in [-0.2, -0.15) is 10.2 Å². The number of anilines is 1. The highest BCUT2D eigenvalue weighted by Gasteiger charge is 2.50. The normalized spacial score (nSPS) is 31.2. The number of benzene rings is 2. The fraction of sp³-hybridized carbons (Fsp3) is 0.535. The molecule has 2 amide bonds. The highest BCUT2D eigenvalue weighted by Crippen LogP contribution is 2.55. The molecule has 11 heteroatoms. The van der Waals surface area contributed by atoms with Gasteiger partial charge < -0.3 is 20.6 Å². The predicted octanol–water partition coefficient (Wildman–Crippen LogP) is 6.94. The molecule has 284 valence electrons. The predicted molar refractivity (Wildman–Crippen MR) is 209 cm³/mol. The molecule has 8 bridgehead atoms. The number of likely N-dealkylation sites (N-methyl/N-ethyl adjacent to an activating group) is 1. The molecule has 8 saturated carbocycles. The summed E-state index contributed by atoms with van der Waals surface area (Å²) in [5.74, 6) is 6.78. The van der Waals surface area contributed by atoms with Crippen LogP contribution in [0.1, 0.15) is 84.9 Å². The molecular weight excluding hydrogens is 698 g/mol. The standard InChI is InChI=1S/C23H30N4O2.C20H22ClN3O/c1-26(7-8-28)23-20(14-24-27(23)19-5-3-2-4-6-19)22(29)25-21-17-10-15-9-16(12-17)13-18(21)11-15;21-19-17(11-22-24(19)16-4-2-1-3-5-16)20(25)23-18-14-7-12-6-13(9-14)10-15(18)8-12/h2-6,14-18,21,28H,7-13H2,1H3,(H,25,29);1-5,11-15,18H,6-10H2,(H,23,25). The van der Waals surface area contributed by atoms with Gasteiger partial charge in [-0.1, -0.05) is 48.0 Å². The average molecular weight is 750 g/mol. The lowest BCUT2D eigenvalue weighted by molar-refractivity contribution is -0.0119. The van der Waals surface area contributed by atoms with Gasteiger partial charge in [0.15, 0.2) is 0 Å². The van der Waals surface area contributed by atoms with E-state index in [4.69, 9.17) is 11.6 Å². The number of aliphatic hydroxyl groups is 1. The molecule has 10 nitrogen and oxygen atoms in total. The molecule has 0 spiro atoms. The average Bonchev–Trinajstić information content (AvgIpc) is 3.79. The molecule has 2 aromatic carbocycles. The maximum atomic E-state index is 13.4. The highest BCUT2D eigenvalue weighted by molar-refractivity contribution is 6.33. The number of halogens is 1. The second-order valence-corrected chi connectivity index (χ2v) is 17.6. The van der Waals surface area contributed by atoms with Crippen LogP contribution in [-0.4, -0.2) is 68.8 Å².